The van der Waals surface area contributed by atoms with Crippen LogP contribution < -0.4 is 4.72 Å². The molecule has 0 aromatic carbocycles. The SMILES string of the molecule is CCN1CCC(CNS(=O)(=O)N2CCCC(CO)C2)C1. The number of rotatable bonds is 6. The number of nitrogens with zero attached hydrogens (tertiary/aromatic N) is 2. The maximum atomic E-state index is 12.3. The molecule has 0 radical (unpaired) electrons. The molecule has 0 saturated carbocycles. The van der Waals surface area contributed by atoms with Crippen molar-refractivity contribution in [3.63, 3.8) is 0 Å². The van der Waals surface area contributed by atoms with Crippen LogP contribution in [0.3, 0.4) is 0 Å². The molecule has 0 amide bonds. The van der Waals surface area contributed by atoms with E-state index < -0.39 is 10.2 Å². The van der Waals surface area contributed by atoms with E-state index in [1.165, 1.54) is 4.31 Å². The summed E-state index contributed by atoms with van der Waals surface area (Å²) in [5, 5.41) is 9.19. The van der Waals surface area contributed by atoms with Crippen molar-refractivity contribution in [3.05, 3.63) is 0 Å². The molecule has 2 aliphatic rings. The minimum atomic E-state index is -3.38. The first kappa shape index (κ1) is 16.2. The van der Waals surface area contributed by atoms with Crippen LogP contribution in [0.4, 0.5) is 0 Å². The van der Waals surface area contributed by atoms with Crippen molar-refractivity contribution in [3.8, 4) is 0 Å². The minimum Gasteiger partial charge on any atom is -0.396 e. The summed E-state index contributed by atoms with van der Waals surface area (Å²) >= 11 is 0. The third-order valence-corrected chi connectivity index (χ3v) is 5.99. The first-order chi connectivity index (χ1) is 9.55. The smallest absolute Gasteiger partial charge is 0.279 e. The normalized spacial score (nSPS) is 29.9. The molecule has 2 N–H and O–H groups in total. The summed E-state index contributed by atoms with van der Waals surface area (Å²) in [6, 6.07) is 0. The Morgan fingerprint density at radius 3 is 2.65 bits per heavy atom. The fourth-order valence-corrected chi connectivity index (χ4v) is 4.48. The highest BCUT2D eigenvalue weighted by molar-refractivity contribution is 7.87. The lowest BCUT2D eigenvalue weighted by Gasteiger charge is -2.31. The maximum Gasteiger partial charge on any atom is 0.279 e. The number of nitrogens with one attached hydrogen (secondary N) is 1. The largest absolute Gasteiger partial charge is 0.396 e. The fourth-order valence-electron chi connectivity index (χ4n) is 3.08. The van der Waals surface area contributed by atoms with Crippen LogP contribution >= 0.6 is 0 Å². The topological polar surface area (TPSA) is 72.9 Å². The van der Waals surface area contributed by atoms with Crippen molar-refractivity contribution in [2.24, 2.45) is 11.8 Å². The molecule has 0 spiro atoms. The lowest BCUT2D eigenvalue weighted by atomic mass is 10.0. The second-order valence-electron chi connectivity index (χ2n) is 5.95. The zero-order valence-corrected chi connectivity index (χ0v) is 13.1. The Morgan fingerprint density at radius 1 is 1.20 bits per heavy atom. The number of aliphatic hydroxyl groups excluding tert-OH is 1. The summed E-state index contributed by atoms with van der Waals surface area (Å²) in [6.45, 7) is 6.83. The zero-order chi connectivity index (χ0) is 14.6. The molecule has 2 unspecified atom stereocenters. The van der Waals surface area contributed by atoms with Crippen molar-refractivity contribution in [2.45, 2.75) is 26.2 Å². The molecule has 2 rings (SSSR count). The van der Waals surface area contributed by atoms with Gasteiger partial charge in [-0.25, -0.2) is 4.72 Å². The molecule has 0 bridgehead atoms. The van der Waals surface area contributed by atoms with E-state index in [-0.39, 0.29) is 12.5 Å². The Bertz CT molecular complexity index is 402. The van der Waals surface area contributed by atoms with Crippen LogP contribution in [0.2, 0.25) is 0 Å². The Balaban J connectivity index is 1.81. The molecule has 0 aromatic rings. The number of likely N-dealkylation sites (tertiary alicyclic amines) is 1. The minimum absolute atomic E-state index is 0.0695. The standard InChI is InChI=1S/C13H27N3O3S/c1-2-15-7-5-12(9-15)8-14-20(18,19)16-6-3-4-13(10-16)11-17/h12-14,17H,2-11H2,1H3. The molecule has 0 aliphatic carbocycles. The van der Waals surface area contributed by atoms with Gasteiger partial charge in [0.2, 0.25) is 0 Å². The van der Waals surface area contributed by atoms with Crippen molar-refractivity contribution in [2.75, 3.05) is 45.9 Å². The van der Waals surface area contributed by atoms with E-state index in [2.05, 4.69) is 16.5 Å². The average molecular weight is 305 g/mol. The fraction of sp³-hybridized carbons (Fsp3) is 1.00. The van der Waals surface area contributed by atoms with Gasteiger partial charge >= 0.3 is 0 Å². The summed E-state index contributed by atoms with van der Waals surface area (Å²) in [7, 11) is -3.38. The molecule has 6 nitrogen and oxygen atoms in total. The van der Waals surface area contributed by atoms with Gasteiger partial charge in [0.15, 0.2) is 0 Å². The second kappa shape index (κ2) is 7.17. The van der Waals surface area contributed by atoms with Gasteiger partial charge in [0.25, 0.3) is 10.2 Å². The monoisotopic (exact) mass is 305 g/mol. The van der Waals surface area contributed by atoms with E-state index in [9.17, 15) is 13.5 Å². The quantitative estimate of drug-likeness (QED) is 0.717. The van der Waals surface area contributed by atoms with Crippen molar-refractivity contribution in [1.82, 2.24) is 13.9 Å². The van der Waals surface area contributed by atoms with E-state index in [0.29, 0.717) is 25.6 Å². The third kappa shape index (κ3) is 4.14. The lowest BCUT2D eigenvalue weighted by Crippen LogP contribution is -2.47. The molecular formula is C13H27N3O3S. The number of aliphatic hydroxyl groups is 1. The van der Waals surface area contributed by atoms with Gasteiger partial charge in [0, 0.05) is 32.8 Å². The summed E-state index contributed by atoms with van der Waals surface area (Å²) in [5.41, 5.74) is 0. The zero-order valence-electron chi connectivity index (χ0n) is 12.3. The number of piperidine rings is 1. The molecule has 2 saturated heterocycles. The first-order valence-corrected chi connectivity index (χ1v) is 9.07. The predicted molar refractivity (Wildman–Crippen MR) is 78.5 cm³/mol. The molecule has 2 atom stereocenters. The van der Waals surface area contributed by atoms with E-state index in [4.69, 9.17) is 0 Å². The predicted octanol–water partition coefficient (Wildman–Crippen LogP) is -0.133. The Hall–Kier alpha value is -0.210. The Kier molecular flexibility index (Phi) is 5.80. The van der Waals surface area contributed by atoms with Gasteiger partial charge in [-0.15, -0.1) is 0 Å². The molecule has 2 heterocycles. The van der Waals surface area contributed by atoms with E-state index >= 15 is 0 Å². The van der Waals surface area contributed by atoms with Gasteiger partial charge in [0.05, 0.1) is 0 Å². The van der Waals surface area contributed by atoms with Gasteiger partial charge in [0.1, 0.15) is 0 Å². The van der Waals surface area contributed by atoms with Crippen molar-refractivity contribution >= 4 is 10.2 Å². The highest BCUT2D eigenvalue weighted by atomic mass is 32.2. The summed E-state index contributed by atoms with van der Waals surface area (Å²) < 4.78 is 28.8. The lowest BCUT2D eigenvalue weighted by molar-refractivity contribution is 0.164. The highest BCUT2D eigenvalue weighted by Crippen LogP contribution is 2.19. The van der Waals surface area contributed by atoms with E-state index in [1.54, 1.807) is 0 Å². The summed E-state index contributed by atoms with van der Waals surface area (Å²) in [4.78, 5) is 2.35. The van der Waals surface area contributed by atoms with Crippen LogP contribution in [-0.4, -0.2) is 68.6 Å². The molecule has 20 heavy (non-hydrogen) atoms. The average Bonchev–Trinajstić information content (AvgIpc) is 2.93. The summed E-state index contributed by atoms with van der Waals surface area (Å²) in [6.07, 6.45) is 2.81. The maximum absolute atomic E-state index is 12.3. The second-order valence-corrected chi connectivity index (χ2v) is 7.71. The van der Waals surface area contributed by atoms with Crippen LogP contribution in [-0.2, 0) is 10.2 Å². The van der Waals surface area contributed by atoms with Gasteiger partial charge in [-0.1, -0.05) is 6.92 Å². The van der Waals surface area contributed by atoms with Gasteiger partial charge in [-0.05, 0) is 44.2 Å². The molecular weight excluding hydrogens is 278 g/mol. The third-order valence-electron chi connectivity index (χ3n) is 4.45. The van der Waals surface area contributed by atoms with Gasteiger partial charge in [-0.3, -0.25) is 0 Å². The number of hydrogen-bond donors (Lipinski definition) is 2. The van der Waals surface area contributed by atoms with Crippen LogP contribution in [0.5, 0.6) is 0 Å². The van der Waals surface area contributed by atoms with Crippen molar-refractivity contribution < 1.29 is 13.5 Å². The van der Waals surface area contributed by atoms with Crippen LogP contribution in [0.15, 0.2) is 0 Å². The van der Waals surface area contributed by atoms with Crippen LogP contribution in [0.1, 0.15) is 26.2 Å². The molecule has 2 fully saturated rings. The summed E-state index contributed by atoms with van der Waals surface area (Å²) in [5.74, 6) is 0.505. The Morgan fingerprint density at radius 2 is 2.00 bits per heavy atom. The molecule has 118 valence electrons. The van der Waals surface area contributed by atoms with Gasteiger partial charge in [-0.2, -0.15) is 12.7 Å². The van der Waals surface area contributed by atoms with Gasteiger partial charge < -0.3 is 10.0 Å². The van der Waals surface area contributed by atoms with E-state index in [1.807, 2.05) is 0 Å². The highest BCUT2D eigenvalue weighted by Gasteiger charge is 2.30. The first-order valence-electron chi connectivity index (χ1n) is 7.63. The van der Waals surface area contributed by atoms with Crippen LogP contribution in [0.25, 0.3) is 0 Å². The molecule has 2 aliphatic heterocycles. The van der Waals surface area contributed by atoms with Crippen LogP contribution in [0, 0.1) is 11.8 Å². The molecule has 0 aromatic heterocycles. The Labute approximate surface area is 122 Å². The van der Waals surface area contributed by atoms with E-state index in [0.717, 1.165) is 38.9 Å². The molecule has 7 heteroatoms. The van der Waals surface area contributed by atoms with Crippen molar-refractivity contribution in [1.29, 1.82) is 0 Å². The number of hydrogen-bond acceptors (Lipinski definition) is 4.